The maximum atomic E-state index is 14.0. The Kier molecular flexibility index (Phi) is 6.56. The highest BCUT2D eigenvalue weighted by molar-refractivity contribution is 5.99. The van der Waals surface area contributed by atoms with Gasteiger partial charge in [-0.1, -0.05) is 42.5 Å². The summed E-state index contributed by atoms with van der Waals surface area (Å²) in [5, 5.41) is 2.32. The maximum absolute atomic E-state index is 14.0. The molecule has 1 N–H and O–H groups in total. The number of carbonyl (C=O) groups is 2. The number of carbonyl (C=O) groups excluding carboxylic acids is 2. The fraction of sp³-hybridized carbons (Fsp3) is 0.222. The van der Waals surface area contributed by atoms with Crippen LogP contribution in [-0.4, -0.2) is 34.4 Å². The van der Waals surface area contributed by atoms with E-state index in [1.54, 1.807) is 29.2 Å². The van der Waals surface area contributed by atoms with Crippen LogP contribution in [0.25, 0.3) is 0 Å². The van der Waals surface area contributed by atoms with Crippen LogP contribution in [0.15, 0.2) is 65.6 Å². The molecule has 5 rings (SSSR count). The number of halogens is 3. The highest BCUT2D eigenvalue weighted by Crippen LogP contribution is 2.30. The average molecular weight is 509 g/mol. The summed E-state index contributed by atoms with van der Waals surface area (Å²) in [6, 6.07) is 9.68. The third-order valence-electron chi connectivity index (χ3n) is 6.37. The molecule has 1 aromatic heterocycles. The lowest BCUT2D eigenvalue weighted by Gasteiger charge is -2.34. The predicted octanol–water partition coefficient (Wildman–Crippen LogP) is 3.73. The number of nitrogens with one attached hydrogen (secondary N) is 1. The number of rotatable bonds is 6. The highest BCUT2D eigenvalue weighted by atomic mass is 19.1. The monoisotopic (exact) mass is 509 g/mol. The number of nitrogens with zero attached hydrogens (tertiary/aromatic N) is 2. The molecule has 7 nitrogen and oxygen atoms in total. The third-order valence-corrected chi connectivity index (χ3v) is 6.37. The van der Waals surface area contributed by atoms with Crippen molar-refractivity contribution in [3.8, 4) is 5.75 Å². The van der Waals surface area contributed by atoms with Gasteiger partial charge in [-0.3, -0.25) is 14.4 Å². The van der Waals surface area contributed by atoms with Gasteiger partial charge in [0.15, 0.2) is 11.4 Å². The van der Waals surface area contributed by atoms with E-state index in [1.807, 2.05) is 18.2 Å². The Morgan fingerprint density at radius 3 is 2.54 bits per heavy atom. The van der Waals surface area contributed by atoms with Crippen molar-refractivity contribution in [2.24, 2.45) is 0 Å². The number of hydrogen-bond acceptors (Lipinski definition) is 4. The molecule has 2 aliphatic rings. The smallest absolute Gasteiger partial charge is 0.274 e. The number of hydrogen-bond donors (Lipinski definition) is 1. The Morgan fingerprint density at radius 1 is 1.08 bits per heavy atom. The van der Waals surface area contributed by atoms with Crippen LogP contribution < -0.4 is 15.5 Å². The van der Waals surface area contributed by atoms with Crippen molar-refractivity contribution < 1.29 is 27.5 Å². The van der Waals surface area contributed by atoms with Crippen molar-refractivity contribution in [1.82, 2.24) is 14.8 Å². The average Bonchev–Trinajstić information content (AvgIpc) is 3.10. The molecule has 10 heteroatoms. The number of aromatic nitrogens is 1. The minimum Gasteiger partial charge on any atom is -0.483 e. The lowest BCUT2D eigenvalue weighted by molar-refractivity contribution is 0.0684. The second-order valence-electron chi connectivity index (χ2n) is 8.80. The van der Waals surface area contributed by atoms with Gasteiger partial charge < -0.3 is 19.5 Å². The molecule has 0 unspecified atom stereocenters. The SMILES string of the molecule is O=C(NCc1c(F)cc(F)cc1F)c1cn2c(c(OCc3ccccc3)c1=O)C(=O)N1CCC=C[C@@H]2C1. The summed E-state index contributed by atoms with van der Waals surface area (Å²) in [6.45, 7) is 0.202. The maximum Gasteiger partial charge on any atom is 0.274 e. The number of amides is 2. The number of fused-ring (bicyclic) bond motifs is 4. The Balaban J connectivity index is 1.53. The van der Waals surface area contributed by atoms with Crippen LogP contribution in [-0.2, 0) is 13.2 Å². The van der Waals surface area contributed by atoms with Crippen LogP contribution in [0.2, 0.25) is 0 Å². The van der Waals surface area contributed by atoms with E-state index in [-0.39, 0.29) is 35.6 Å². The molecule has 0 spiro atoms. The zero-order valence-corrected chi connectivity index (χ0v) is 19.5. The van der Waals surface area contributed by atoms with Crippen molar-refractivity contribution in [2.45, 2.75) is 25.6 Å². The molecule has 0 radical (unpaired) electrons. The number of ether oxygens (including phenoxy) is 1. The van der Waals surface area contributed by atoms with Gasteiger partial charge in [0.1, 0.15) is 29.6 Å². The van der Waals surface area contributed by atoms with Gasteiger partial charge in [-0.15, -0.1) is 0 Å². The zero-order chi connectivity index (χ0) is 26.1. The van der Waals surface area contributed by atoms with Gasteiger partial charge in [0.25, 0.3) is 11.8 Å². The van der Waals surface area contributed by atoms with E-state index in [4.69, 9.17) is 4.74 Å². The molecule has 2 bridgehead atoms. The first-order chi connectivity index (χ1) is 17.8. The van der Waals surface area contributed by atoms with Gasteiger partial charge in [0, 0.05) is 43.5 Å². The van der Waals surface area contributed by atoms with Crippen molar-refractivity contribution in [2.75, 3.05) is 13.1 Å². The fourth-order valence-electron chi connectivity index (χ4n) is 4.49. The van der Waals surface area contributed by atoms with Crippen LogP contribution in [0.5, 0.6) is 5.75 Å². The summed E-state index contributed by atoms with van der Waals surface area (Å²) in [6.07, 6.45) is 5.74. The molecular weight excluding hydrogens is 487 g/mol. The van der Waals surface area contributed by atoms with Gasteiger partial charge in [-0.25, -0.2) is 13.2 Å². The molecule has 2 aromatic carbocycles. The molecular formula is C27H22F3N3O4. The fourth-order valence-corrected chi connectivity index (χ4v) is 4.49. The summed E-state index contributed by atoms with van der Waals surface area (Å²) in [5.41, 5.74) is -0.939. The number of pyridine rings is 1. The van der Waals surface area contributed by atoms with Gasteiger partial charge in [-0.05, 0) is 12.0 Å². The molecule has 190 valence electrons. The van der Waals surface area contributed by atoms with E-state index in [0.717, 1.165) is 5.56 Å². The molecule has 0 aliphatic carbocycles. The lowest BCUT2D eigenvalue weighted by Crippen LogP contribution is -2.44. The first-order valence-corrected chi connectivity index (χ1v) is 11.7. The lowest BCUT2D eigenvalue weighted by atomic mass is 10.1. The Labute approximate surface area is 209 Å². The van der Waals surface area contributed by atoms with E-state index >= 15 is 0 Å². The van der Waals surface area contributed by atoms with Gasteiger partial charge in [0.05, 0.1) is 6.04 Å². The van der Waals surface area contributed by atoms with Crippen LogP contribution in [0.3, 0.4) is 0 Å². The Bertz CT molecular complexity index is 1450. The van der Waals surface area contributed by atoms with Crippen LogP contribution in [0.4, 0.5) is 13.2 Å². The predicted molar refractivity (Wildman–Crippen MR) is 128 cm³/mol. The summed E-state index contributed by atoms with van der Waals surface area (Å²) < 4.78 is 48.7. The van der Waals surface area contributed by atoms with E-state index < -0.39 is 40.9 Å². The molecule has 3 heterocycles. The minimum absolute atomic E-state index is 0.0199. The standard InChI is InChI=1S/C27H22F3N3O4/c28-17-10-21(29)19(22(30)11-17)12-31-26(35)20-14-33-18-8-4-5-9-32(13-18)27(36)23(33)25(24(20)34)37-15-16-6-2-1-3-7-16/h1-4,6-8,10-11,14,18H,5,9,12-13,15H2,(H,31,35)/t18-/m1/s1. The second kappa shape index (κ2) is 9.96. The van der Waals surface area contributed by atoms with Crippen molar-refractivity contribution in [1.29, 1.82) is 0 Å². The summed E-state index contributed by atoms with van der Waals surface area (Å²) in [5.74, 6) is -5.00. The molecule has 2 aliphatic heterocycles. The topological polar surface area (TPSA) is 80.6 Å². The molecule has 37 heavy (non-hydrogen) atoms. The molecule has 0 fully saturated rings. The Morgan fingerprint density at radius 2 is 1.81 bits per heavy atom. The Hall–Kier alpha value is -4.34. The van der Waals surface area contributed by atoms with Crippen LogP contribution in [0, 0.1) is 17.5 Å². The van der Waals surface area contributed by atoms with Gasteiger partial charge in [0.2, 0.25) is 5.43 Å². The molecule has 2 amide bonds. The van der Waals surface area contributed by atoms with Crippen LogP contribution in [0.1, 0.15) is 44.4 Å². The summed E-state index contributed by atoms with van der Waals surface area (Å²) in [4.78, 5) is 41.4. The van der Waals surface area contributed by atoms with E-state index in [1.165, 1.54) is 10.8 Å². The van der Waals surface area contributed by atoms with Crippen molar-refractivity contribution in [3.63, 3.8) is 0 Å². The largest absolute Gasteiger partial charge is 0.483 e. The minimum atomic E-state index is -1.17. The first-order valence-electron chi connectivity index (χ1n) is 11.7. The van der Waals surface area contributed by atoms with Crippen molar-refractivity contribution >= 4 is 11.8 Å². The molecule has 0 saturated heterocycles. The van der Waals surface area contributed by atoms with E-state index in [0.29, 0.717) is 31.6 Å². The normalized spacial score (nSPS) is 16.2. The van der Waals surface area contributed by atoms with Crippen molar-refractivity contribution in [3.05, 3.63) is 111 Å². The molecule has 1 atom stereocenters. The summed E-state index contributed by atoms with van der Waals surface area (Å²) >= 11 is 0. The molecule has 3 aromatic rings. The number of benzene rings is 2. The van der Waals surface area contributed by atoms with Gasteiger partial charge in [-0.2, -0.15) is 0 Å². The highest BCUT2D eigenvalue weighted by Gasteiger charge is 2.36. The second-order valence-corrected chi connectivity index (χ2v) is 8.80. The van der Waals surface area contributed by atoms with E-state index in [2.05, 4.69) is 5.32 Å². The van der Waals surface area contributed by atoms with E-state index in [9.17, 15) is 27.6 Å². The zero-order valence-electron chi connectivity index (χ0n) is 19.5. The third kappa shape index (κ3) is 4.74. The quantitative estimate of drug-likeness (QED) is 0.514. The first kappa shape index (κ1) is 24.4. The molecule has 0 saturated carbocycles. The van der Waals surface area contributed by atoms with Gasteiger partial charge >= 0.3 is 0 Å². The van der Waals surface area contributed by atoms with Crippen LogP contribution >= 0.6 is 0 Å². The summed E-state index contributed by atoms with van der Waals surface area (Å²) in [7, 11) is 0.